The van der Waals surface area contributed by atoms with Crippen LogP contribution in [0.25, 0.3) is 0 Å². The van der Waals surface area contributed by atoms with Gasteiger partial charge in [0.05, 0.1) is 0 Å². The number of carbonyl (C=O) groups excluding carboxylic acids is 1. The van der Waals surface area contributed by atoms with E-state index in [4.69, 9.17) is 0 Å². The molecular formula is C15H26O. The van der Waals surface area contributed by atoms with E-state index in [-0.39, 0.29) is 0 Å². The molecule has 0 heterocycles. The van der Waals surface area contributed by atoms with Crippen molar-refractivity contribution in [2.45, 2.75) is 64.7 Å². The molecule has 1 heteroatoms. The summed E-state index contributed by atoms with van der Waals surface area (Å²) in [6.45, 7) is 2.25. The molecule has 0 aromatic heterocycles. The van der Waals surface area contributed by atoms with E-state index in [9.17, 15) is 4.79 Å². The molecule has 0 saturated carbocycles. The van der Waals surface area contributed by atoms with Crippen LogP contribution < -0.4 is 0 Å². The molecule has 0 atom stereocenters. The Bertz CT molecular complexity index is 192. The van der Waals surface area contributed by atoms with Crippen LogP contribution in [0.5, 0.6) is 0 Å². The first-order valence-corrected chi connectivity index (χ1v) is 6.67. The van der Waals surface area contributed by atoms with Crippen LogP contribution in [0.4, 0.5) is 0 Å². The molecule has 0 aliphatic carbocycles. The number of carbonyl (C=O) groups is 1. The predicted octanol–water partition coefficient (Wildman–Crippen LogP) is 4.83. The largest absolute Gasteiger partial charge is 0.299 e. The van der Waals surface area contributed by atoms with E-state index in [2.05, 4.69) is 19.1 Å². The summed E-state index contributed by atoms with van der Waals surface area (Å²) in [4.78, 5) is 9.99. The Morgan fingerprint density at radius 2 is 1.38 bits per heavy atom. The molecule has 0 aliphatic rings. The van der Waals surface area contributed by atoms with E-state index >= 15 is 0 Å². The highest BCUT2D eigenvalue weighted by Gasteiger charge is 1.86. The second-order valence-corrected chi connectivity index (χ2v) is 4.17. The third-order valence-electron chi connectivity index (χ3n) is 2.60. The van der Waals surface area contributed by atoms with Crippen LogP contribution in [0.1, 0.15) is 64.7 Å². The molecule has 0 aromatic carbocycles. The molecule has 0 aromatic rings. The van der Waals surface area contributed by atoms with Gasteiger partial charge in [-0.15, -0.1) is 0 Å². The smallest absolute Gasteiger partial charge is 0.142 e. The van der Waals surface area contributed by atoms with Gasteiger partial charge in [0.2, 0.25) is 0 Å². The van der Waals surface area contributed by atoms with E-state index < -0.39 is 0 Å². The van der Waals surface area contributed by atoms with E-state index in [0.29, 0.717) is 0 Å². The fraction of sp³-hybridized carbons (Fsp3) is 0.667. The van der Waals surface area contributed by atoms with Crippen molar-refractivity contribution in [3.05, 3.63) is 24.3 Å². The van der Waals surface area contributed by atoms with Crippen LogP contribution in [0, 0.1) is 0 Å². The van der Waals surface area contributed by atoms with Gasteiger partial charge in [0.25, 0.3) is 0 Å². The normalized spacial score (nSPS) is 11.6. The number of unbranched alkanes of at least 4 members (excludes halogenated alkanes) is 7. The minimum absolute atomic E-state index is 0.839. The number of rotatable bonds is 11. The molecule has 0 spiro atoms. The van der Waals surface area contributed by atoms with Crippen LogP contribution in [-0.4, -0.2) is 6.29 Å². The molecule has 0 fully saturated rings. The predicted molar refractivity (Wildman–Crippen MR) is 71.6 cm³/mol. The zero-order valence-corrected chi connectivity index (χ0v) is 10.7. The van der Waals surface area contributed by atoms with Crippen molar-refractivity contribution >= 4 is 6.29 Å². The quantitative estimate of drug-likeness (QED) is 0.212. The number of hydrogen-bond acceptors (Lipinski definition) is 1. The highest BCUT2D eigenvalue weighted by Crippen LogP contribution is 2.06. The van der Waals surface area contributed by atoms with Crippen LogP contribution in [0.2, 0.25) is 0 Å². The Hall–Kier alpha value is -0.850. The highest BCUT2D eigenvalue weighted by atomic mass is 16.1. The molecular weight excluding hydrogens is 196 g/mol. The molecule has 0 aliphatic heterocycles. The first-order valence-electron chi connectivity index (χ1n) is 6.67. The maximum Gasteiger partial charge on any atom is 0.142 e. The van der Waals surface area contributed by atoms with E-state index in [1.807, 2.05) is 6.08 Å². The van der Waals surface area contributed by atoms with Crippen LogP contribution >= 0.6 is 0 Å². The first kappa shape index (κ1) is 15.2. The molecule has 16 heavy (non-hydrogen) atoms. The summed E-state index contributed by atoms with van der Waals surface area (Å²) in [5.41, 5.74) is 0. The lowest BCUT2D eigenvalue weighted by Crippen LogP contribution is -1.76. The molecule has 92 valence electrons. The van der Waals surface area contributed by atoms with Crippen LogP contribution in [0.3, 0.4) is 0 Å². The third-order valence-corrected chi connectivity index (χ3v) is 2.60. The fourth-order valence-corrected chi connectivity index (χ4v) is 1.61. The lowest BCUT2D eigenvalue weighted by atomic mass is 10.1. The van der Waals surface area contributed by atoms with Crippen molar-refractivity contribution in [1.82, 2.24) is 0 Å². The minimum atomic E-state index is 0.839. The summed E-state index contributed by atoms with van der Waals surface area (Å²) >= 11 is 0. The topological polar surface area (TPSA) is 17.1 Å². The van der Waals surface area contributed by atoms with Gasteiger partial charge < -0.3 is 0 Å². The second-order valence-electron chi connectivity index (χ2n) is 4.17. The van der Waals surface area contributed by atoms with Gasteiger partial charge in [-0.3, -0.25) is 4.79 Å². The van der Waals surface area contributed by atoms with Crippen molar-refractivity contribution in [2.75, 3.05) is 0 Å². The van der Waals surface area contributed by atoms with Gasteiger partial charge in [0.15, 0.2) is 0 Å². The summed E-state index contributed by atoms with van der Waals surface area (Å²) in [6.07, 6.45) is 20.3. The van der Waals surface area contributed by atoms with E-state index in [1.54, 1.807) is 6.08 Å². The average molecular weight is 222 g/mol. The maximum atomic E-state index is 9.99. The first-order chi connectivity index (χ1) is 7.91. The standard InChI is InChI=1S/C15H26O/c1-2-3-4-5-6-7-8-9-10-11-12-13-14-15-16/h8-9,13-15H,2-7,10-12H2,1H3. The summed E-state index contributed by atoms with van der Waals surface area (Å²) in [5, 5.41) is 0. The Kier molecular flexibility index (Phi) is 13.4. The van der Waals surface area contributed by atoms with Crippen molar-refractivity contribution in [3.63, 3.8) is 0 Å². The summed E-state index contributed by atoms with van der Waals surface area (Å²) in [5.74, 6) is 0. The Labute approximate surface area is 101 Å². The lowest BCUT2D eigenvalue weighted by Gasteiger charge is -1.96. The van der Waals surface area contributed by atoms with Gasteiger partial charge in [0, 0.05) is 0 Å². The van der Waals surface area contributed by atoms with E-state index in [1.165, 1.54) is 38.5 Å². The zero-order valence-electron chi connectivity index (χ0n) is 10.7. The number of aldehydes is 1. The van der Waals surface area contributed by atoms with Crippen LogP contribution in [0.15, 0.2) is 24.3 Å². The van der Waals surface area contributed by atoms with Crippen molar-refractivity contribution in [3.8, 4) is 0 Å². The molecule has 0 amide bonds. The van der Waals surface area contributed by atoms with Crippen LogP contribution in [-0.2, 0) is 4.79 Å². The monoisotopic (exact) mass is 222 g/mol. The van der Waals surface area contributed by atoms with Gasteiger partial charge in [0.1, 0.15) is 6.29 Å². The molecule has 0 unspecified atom stereocenters. The Balaban J connectivity index is 3.09. The Morgan fingerprint density at radius 1 is 0.750 bits per heavy atom. The van der Waals surface area contributed by atoms with Gasteiger partial charge in [-0.25, -0.2) is 0 Å². The zero-order chi connectivity index (χ0) is 11.9. The van der Waals surface area contributed by atoms with Gasteiger partial charge >= 0.3 is 0 Å². The van der Waals surface area contributed by atoms with Gasteiger partial charge in [-0.2, -0.15) is 0 Å². The van der Waals surface area contributed by atoms with Crippen molar-refractivity contribution in [1.29, 1.82) is 0 Å². The Morgan fingerprint density at radius 3 is 2.06 bits per heavy atom. The molecule has 0 rings (SSSR count). The summed E-state index contributed by atoms with van der Waals surface area (Å²) in [6, 6.07) is 0. The molecule has 0 radical (unpaired) electrons. The molecule has 1 nitrogen and oxygen atoms in total. The maximum absolute atomic E-state index is 9.99. The molecule has 0 bridgehead atoms. The van der Waals surface area contributed by atoms with Crippen molar-refractivity contribution < 1.29 is 4.79 Å². The lowest BCUT2D eigenvalue weighted by molar-refractivity contribution is -0.104. The minimum Gasteiger partial charge on any atom is -0.299 e. The number of allylic oxidation sites excluding steroid dienone is 4. The highest BCUT2D eigenvalue weighted by molar-refractivity contribution is 5.64. The van der Waals surface area contributed by atoms with Gasteiger partial charge in [-0.05, 0) is 38.2 Å². The SMILES string of the molecule is CCCCCCCC=CCCCC=CC=O. The second kappa shape index (κ2) is 14.2. The molecule has 0 saturated heterocycles. The van der Waals surface area contributed by atoms with Gasteiger partial charge in [-0.1, -0.05) is 50.8 Å². The molecule has 0 N–H and O–H groups in total. The number of hydrogen-bond donors (Lipinski definition) is 0. The average Bonchev–Trinajstić information content (AvgIpc) is 2.31. The van der Waals surface area contributed by atoms with Crippen molar-refractivity contribution in [2.24, 2.45) is 0 Å². The summed E-state index contributed by atoms with van der Waals surface area (Å²) < 4.78 is 0. The van der Waals surface area contributed by atoms with E-state index in [0.717, 1.165) is 25.5 Å². The summed E-state index contributed by atoms with van der Waals surface area (Å²) in [7, 11) is 0. The fourth-order valence-electron chi connectivity index (χ4n) is 1.61. The third kappa shape index (κ3) is 13.2.